The third-order valence-corrected chi connectivity index (χ3v) is 5.70. The van der Waals surface area contributed by atoms with Crippen molar-refractivity contribution in [1.29, 1.82) is 0 Å². The highest BCUT2D eigenvalue weighted by atomic mass is 32.2. The predicted octanol–water partition coefficient (Wildman–Crippen LogP) is 2.76. The maximum Gasteiger partial charge on any atom is 0.241 e. The van der Waals surface area contributed by atoms with Crippen LogP contribution in [0.25, 0.3) is 0 Å². The number of amides is 1. The maximum absolute atomic E-state index is 12.6. The van der Waals surface area contributed by atoms with Crippen LogP contribution in [0.1, 0.15) is 30.5 Å². The number of nitrogens with one attached hydrogen (secondary N) is 1. The smallest absolute Gasteiger partial charge is 0.241 e. The number of hydrogen-bond acceptors (Lipinski definition) is 5. The Labute approximate surface area is 165 Å². The fraction of sp³-hybridized carbons (Fsp3) is 0.350. The van der Waals surface area contributed by atoms with Crippen LogP contribution in [0.15, 0.2) is 42.5 Å². The number of rotatable bonds is 7. The molecule has 2 aromatic carbocycles. The summed E-state index contributed by atoms with van der Waals surface area (Å²) in [6.45, 7) is 3.74. The molecule has 0 bridgehead atoms. The van der Waals surface area contributed by atoms with Crippen molar-refractivity contribution in [3.63, 3.8) is 0 Å². The largest absolute Gasteiger partial charge is 0.454 e. The maximum atomic E-state index is 12.6. The Morgan fingerprint density at radius 3 is 2.46 bits per heavy atom. The summed E-state index contributed by atoms with van der Waals surface area (Å²) in [5.41, 5.74) is 2.47. The van der Waals surface area contributed by atoms with Gasteiger partial charge in [0.15, 0.2) is 11.5 Å². The van der Waals surface area contributed by atoms with Crippen LogP contribution in [0.2, 0.25) is 0 Å². The molecule has 0 saturated heterocycles. The van der Waals surface area contributed by atoms with E-state index in [1.807, 2.05) is 38.1 Å². The number of hydrogen-bond donors (Lipinski definition) is 1. The SMILES string of the molecule is CCC(NC(=O)CN(c1ccc2c(c1)OCO2)S(C)(=O)=O)c1ccc(C)cc1. The number of ether oxygens (including phenoxy) is 2. The zero-order valence-corrected chi connectivity index (χ0v) is 17.0. The van der Waals surface area contributed by atoms with Crippen molar-refractivity contribution in [3.8, 4) is 11.5 Å². The van der Waals surface area contributed by atoms with Gasteiger partial charge in [-0.2, -0.15) is 0 Å². The molecular weight excluding hydrogens is 380 g/mol. The first kappa shape index (κ1) is 20.0. The van der Waals surface area contributed by atoms with Gasteiger partial charge in [0.05, 0.1) is 18.0 Å². The molecule has 0 aromatic heterocycles. The Morgan fingerprint density at radius 1 is 1.14 bits per heavy atom. The van der Waals surface area contributed by atoms with Crippen LogP contribution in [0, 0.1) is 6.92 Å². The Hall–Kier alpha value is -2.74. The Kier molecular flexibility index (Phi) is 5.79. The number of carbonyl (C=O) groups excluding carboxylic acids is 1. The molecule has 2 aromatic rings. The molecule has 1 aliphatic rings. The average Bonchev–Trinajstić information content (AvgIpc) is 3.12. The lowest BCUT2D eigenvalue weighted by Gasteiger charge is -2.24. The quantitative estimate of drug-likeness (QED) is 0.767. The molecule has 1 atom stereocenters. The fourth-order valence-electron chi connectivity index (χ4n) is 3.03. The Balaban J connectivity index is 1.77. The summed E-state index contributed by atoms with van der Waals surface area (Å²) in [4.78, 5) is 12.6. The van der Waals surface area contributed by atoms with Crippen molar-refractivity contribution in [2.45, 2.75) is 26.3 Å². The summed E-state index contributed by atoms with van der Waals surface area (Å²) >= 11 is 0. The molecule has 8 heteroatoms. The van der Waals surface area contributed by atoms with Crippen molar-refractivity contribution < 1.29 is 22.7 Å². The van der Waals surface area contributed by atoms with E-state index in [4.69, 9.17) is 9.47 Å². The topological polar surface area (TPSA) is 84.9 Å². The summed E-state index contributed by atoms with van der Waals surface area (Å²) in [6.07, 6.45) is 1.76. The van der Waals surface area contributed by atoms with Gasteiger partial charge in [0.1, 0.15) is 6.54 Å². The first-order chi connectivity index (χ1) is 13.3. The monoisotopic (exact) mass is 404 g/mol. The Morgan fingerprint density at radius 2 is 1.82 bits per heavy atom. The van der Waals surface area contributed by atoms with E-state index in [0.29, 0.717) is 23.6 Å². The van der Waals surface area contributed by atoms with Crippen LogP contribution in [0.3, 0.4) is 0 Å². The molecule has 0 aliphatic carbocycles. The molecule has 3 rings (SSSR count). The van der Waals surface area contributed by atoms with Crippen molar-refractivity contribution >= 4 is 21.6 Å². The van der Waals surface area contributed by atoms with Crippen LogP contribution < -0.4 is 19.1 Å². The summed E-state index contributed by atoms with van der Waals surface area (Å²) in [5.74, 6) is 0.625. The molecule has 0 radical (unpaired) electrons. The summed E-state index contributed by atoms with van der Waals surface area (Å²) in [5, 5.41) is 2.93. The number of aryl methyl sites for hydroxylation is 1. The average molecular weight is 404 g/mol. The molecule has 150 valence electrons. The lowest BCUT2D eigenvalue weighted by molar-refractivity contribution is -0.120. The van der Waals surface area contributed by atoms with Crippen LogP contribution in [-0.4, -0.2) is 33.9 Å². The van der Waals surface area contributed by atoms with E-state index in [-0.39, 0.29) is 25.3 Å². The molecule has 7 nitrogen and oxygen atoms in total. The molecule has 1 unspecified atom stereocenters. The predicted molar refractivity (Wildman–Crippen MR) is 107 cm³/mol. The number of nitrogens with zero attached hydrogens (tertiary/aromatic N) is 1. The summed E-state index contributed by atoms with van der Waals surface area (Å²) in [7, 11) is -3.67. The highest BCUT2D eigenvalue weighted by Gasteiger charge is 2.24. The van der Waals surface area contributed by atoms with Crippen LogP contribution in [0.4, 0.5) is 5.69 Å². The van der Waals surface area contributed by atoms with Crippen LogP contribution >= 0.6 is 0 Å². The molecule has 1 heterocycles. The minimum absolute atomic E-state index is 0.0902. The van der Waals surface area contributed by atoms with Crippen LogP contribution in [0.5, 0.6) is 11.5 Å². The molecule has 0 fully saturated rings. The first-order valence-electron chi connectivity index (χ1n) is 9.01. The van der Waals surface area contributed by atoms with Crippen molar-refractivity contribution in [1.82, 2.24) is 5.32 Å². The number of anilines is 1. The fourth-order valence-corrected chi connectivity index (χ4v) is 3.88. The lowest BCUT2D eigenvalue weighted by atomic mass is 10.0. The van der Waals surface area contributed by atoms with Gasteiger partial charge in [-0.3, -0.25) is 9.10 Å². The summed E-state index contributed by atoms with van der Waals surface area (Å²) in [6, 6.07) is 12.5. The van der Waals surface area contributed by atoms with Gasteiger partial charge in [0.25, 0.3) is 0 Å². The molecular formula is C20H24N2O5S. The van der Waals surface area contributed by atoms with E-state index >= 15 is 0 Å². The van der Waals surface area contributed by atoms with E-state index in [2.05, 4.69) is 5.32 Å². The van der Waals surface area contributed by atoms with Crippen molar-refractivity contribution in [2.24, 2.45) is 0 Å². The minimum Gasteiger partial charge on any atom is -0.454 e. The lowest BCUT2D eigenvalue weighted by Crippen LogP contribution is -2.41. The van der Waals surface area contributed by atoms with E-state index in [1.165, 1.54) is 0 Å². The van der Waals surface area contributed by atoms with Crippen LogP contribution in [-0.2, 0) is 14.8 Å². The molecule has 1 N–H and O–H groups in total. The second-order valence-electron chi connectivity index (χ2n) is 6.75. The van der Waals surface area contributed by atoms with Gasteiger partial charge in [0.2, 0.25) is 22.7 Å². The second kappa shape index (κ2) is 8.10. The van der Waals surface area contributed by atoms with Gasteiger partial charge in [-0.25, -0.2) is 8.42 Å². The van der Waals surface area contributed by atoms with Gasteiger partial charge in [-0.1, -0.05) is 36.8 Å². The number of sulfonamides is 1. The van der Waals surface area contributed by atoms with Gasteiger partial charge in [-0.15, -0.1) is 0 Å². The third kappa shape index (κ3) is 4.56. The van der Waals surface area contributed by atoms with E-state index in [9.17, 15) is 13.2 Å². The van der Waals surface area contributed by atoms with E-state index < -0.39 is 10.0 Å². The highest BCUT2D eigenvalue weighted by Crippen LogP contribution is 2.36. The number of benzene rings is 2. The summed E-state index contributed by atoms with van der Waals surface area (Å²) < 4.78 is 36.2. The third-order valence-electron chi connectivity index (χ3n) is 4.55. The van der Waals surface area contributed by atoms with E-state index in [1.54, 1.807) is 18.2 Å². The molecule has 0 spiro atoms. The van der Waals surface area contributed by atoms with Gasteiger partial charge < -0.3 is 14.8 Å². The zero-order valence-electron chi connectivity index (χ0n) is 16.1. The second-order valence-corrected chi connectivity index (χ2v) is 8.65. The number of fused-ring (bicyclic) bond motifs is 1. The first-order valence-corrected chi connectivity index (χ1v) is 10.9. The van der Waals surface area contributed by atoms with E-state index in [0.717, 1.165) is 21.7 Å². The highest BCUT2D eigenvalue weighted by molar-refractivity contribution is 7.92. The van der Waals surface area contributed by atoms with Crippen molar-refractivity contribution in [3.05, 3.63) is 53.6 Å². The molecule has 1 amide bonds. The van der Waals surface area contributed by atoms with Gasteiger partial charge in [0, 0.05) is 6.07 Å². The van der Waals surface area contributed by atoms with Gasteiger partial charge in [-0.05, 0) is 31.0 Å². The molecule has 0 saturated carbocycles. The molecule has 28 heavy (non-hydrogen) atoms. The minimum atomic E-state index is -3.67. The zero-order chi connectivity index (χ0) is 20.3. The standard InChI is InChI=1S/C20H24N2O5S/c1-4-17(15-7-5-14(2)6-8-15)21-20(23)12-22(28(3,24)25)16-9-10-18-19(11-16)27-13-26-18/h5-11,17H,4,12-13H2,1-3H3,(H,21,23). The van der Waals surface area contributed by atoms with Crippen molar-refractivity contribution in [2.75, 3.05) is 23.9 Å². The number of carbonyl (C=O) groups is 1. The molecule has 1 aliphatic heterocycles. The van der Waals surface area contributed by atoms with Gasteiger partial charge >= 0.3 is 0 Å². The Bertz CT molecular complexity index is 957. The normalized spacial score (nSPS) is 13.8.